The van der Waals surface area contributed by atoms with E-state index < -0.39 is 5.97 Å². The van der Waals surface area contributed by atoms with Crippen LogP contribution >= 0.6 is 0 Å². The second-order valence-corrected chi connectivity index (χ2v) is 6.40. The highest BCUT2D eigenvalue weighted by molar-refractivity contribution is 5.89. The van der Waals surface area contributed by atoms with Crippen LogP contribution in [0, 0.1) is 12.3 Å². The number of aromatic amines is 1. The van der Waals surface area contributed by atoms with Crippen molar-refractivity contribution in [1.29, 1.82) is 0 Å². The summed E-state index contributed by atoms with van der Waals surface area (Å²) in [7, 11) is 0. The lowest BCUT2D eigenvalue weighted by atomic mass is 9.62. The van der Waals surface area contributed by atoms with Crippen LogP contribution in [0.1, 0.15) is 55.1 Å². The molecule has 3 rings (SSSR count). The number of hydrogen-bond acceptors (Lipinski definition) is 4. The molecule has 2 aliphatic carbocycles. The van der Waals surface area contributed by atoms with E-state index in [0.717, 1.165) is 37.8 Å². The van der Waals surface area contributed by atoms with Crippen molar-refractivity contribution in [3.05, 3.63) is 33.7 Å². The predicted octanol–water partition coefficient (Wildman–Crippen LogP) is 2.58. The zero-order valence-electron chi connectivity index (χ0n) is 13.2. The van der Waals surface area contributed by atoms with Crippen LogP contribution in [0.4, 0.5) is 0 Å². The van der Waals surface area contributed by atoms with Gasteiger partial charge in [-0.25, -0.2) is 4.79 Å². The number of aryl methyl sites for hydroxylation is 1. The summed E-state index contributed by atoms with van der Waals surface area (Å²) in [6.45, 7) is 4.46. The Bertz CT molecular complexity index is 615. The molecule has 0 bridgehead atoms. The Labute approximate surface area is 130 Å². The lowest BCUT2D eigenvalue weighted by molar-refractivity contribution is -0.188. The number of ether oxygens (including phenoxy) is 2. The van der Waals surface area contributed by atoms with Crippen molar-refractivity contribution in [2.75, 3.05) is 6.61 Å². The van der Waals surface area contributed by atoms with Crippen LogP contribution < -0.4 is 5.56 Å². The molecule has 1 aromatic rings. The second kappa shape index (κ2) is 5.88. The molecule has 1 N–H and O–H groups in total. The monoisotopic (exact) mass is 305 g/mol. The van der Waals surface area contributed by atoms with Gasteiger partial charge in [0.05, 0.1) is 6.10 Å². The standard InChI is InChI=1S/C17H23NO4/c1-3-21-13-10-14(17(13)8-4-5-9-17)22-16(20)12-7-6-11(2)18-15(12)19/h6-7,13-14H,3-5,8-10H2,1-2H3,(H,18,19)/t13-,14-/m0/s1. The van der Waals surface area contributed by atoms with Gasteiger partial charge in [-0.2, -0.15) is 0 Å². The molecular formula is C17H23NO4. The second-order valence-electron chi connectivity index (χ2n) is 6.40. The number of carbonyl (C=O) groups excluding carboxylic acids is 1. The third kappa shape index (κ3) is 2.47. The summed E-state index contributed by atoms with van der Waals surface area (Å²) in [5, 5.41) is 0. The Morgan fingerprint density at radius 1 is 1.32 bits per heavy atom. The van der Waals surface area contributed by atoms with Gasteiger partial charge in [-0.05, 0) is 38.8 Å². The summed E-state index contributed by atoms with van der Waals surface area (Å²) in [5.74, 6) is -0.521. The molecule has 0 aliphatic heterocycles. The van der Waals surface area contributed by atoms with Crippen molar-refractivity contribution >= 4 is 5.97 Å². The Kier molecular flexibility index (Phi) is 4.08. The van der Waals surface area contributed by atoms with E-state index in [-0.39, 0.29) is 28.7 Å². The quantitative estimate of drug-likeness (QED) is 0.868. The normalized spacial score (nSPS) is 25.9. The maximum atomic E-state index is 12.3. The fourth-order valence-corrected chi connectivity index (χ4v) is 3.91. The minimum Gasteiger partial charge on any atom is -0.458 e. The number of nitrogens with one attached hydrogen (secondary N) is 1. The van der Waals surface area contributed by atoms with Crippen LogP contribution in [0.15, 0.2) is 16.9 Å². The summed E-state index contributed by atoms with van der Waals surface area (Å²) in [6, 6.07) is 3.25. The molecule has 1 heterocycles. The maximum Gasteiger partial charge on any atom is 0.344 e. The molecule has 5 nitrogen and oxygen atoms in total. The number of carbonyl (C=O) groups is 1. The molecule has 1 aromatic heterocycles. The number of rotatable bonds is 4. The third-order valence-electron chi connectivity index (χ3n) is 5.14. The highest BCUT2D eigenvalue weighted by atomic mass is 16.6. The largest absolute Gasteiger partial charge is 0.458 e. The zero-order valence-corrected chi connectivity index (χ0v) is 13.2. The van der Waals surface area contributed by atoms with Gasteiger partial charge in [-0.15, -0.1) is 0 Å². The Morgan fingerprint density at radius 3 is 2.68 bits per heavy atom. The minimum atomic E-state index is -0.521. The topological polar surface area (TPSA) is 68.4 Å². The molecular weight excluding hydrogens is 282 g/mol. The summed E-state index contributed by atoms with van der Waals surface area (Å²) in [5.41, 5.74) is 0.405. The highest BCUT2D eigenvalue weighted by Gasteiger charge is 2.58. The predicted molar refractivity (Wildman–Crippen MR) is 81.9 cm³/mol. The van der Waals surface area contributed by atoms with E-state index in [0.29, 0.717) is 6.61 Å². The van der Waals surface area contributed by atoms with Crippen LogP contribution in [0.2, 0.25) is 0 Å². The molecule has 2 saturated carbocycles. The van der Waals surface area contributed by atoms with Crippen molar-refractivity contribution in [3.63, 3.8) is 0 Å². The maximum absolute atomic E-state index is 12.3. The van der Waals surface area contributed by atoms with Gasteiger partial charge in [0.25, 0.3) is 5.56 Å². The first-order chi connectivity index (χ1) is 10.6. The Balaban J connectivity index is 1.73. The zero-order chi connectivity index (χ0) is 15.7. The average Bonchev–Trinajstić information content (AvgIpc) is 2.98. The summed E-state index contributed by atoms with van der Waals surface area (Å²) in [6.07, 6.45) is 5.20. The first-order valence-corrected chi connectivity index (χ1v) is 8.09. The minimum absolute atomic E-state index is 0.0247. The van der Waals surface area contributed by atoms with Crippen molar-refractivity contribution in [2.24, 2.45) is 5.41 Å². The number of hydrogen-bond donors (Lipinski definition) is 1. The third-order valence-corrected chi connectivity index (χ3v) is 5.14. The van der Waals surface area contributed by atoms with Gasteiger partial charge in [0.2, 0.25) is 0 Å². The Hall–Kier alpha value is -1.62. The molecule has 22 heavy (non-hydrogen) atoms. The van der Waals surface area contributed by atoms with E-state index in [9.17, 15) is 9.59 Å². The van der Waals surface area contributed by atoms with Crippen molar-refractivity contribution < 1.29 is 14.3 Å². The number of esters is 1. The van der Waals surface area contributed by atoms with Crippen LogP contribution in [-0.4, -0.2) is 29.8 Å². The molecule has 1 spiro atoms. The van der Waals surface area contributed by atoms with Crippen LogP contribution in [0.25, 0.3) is 0 Å². The van der Waals surface area contributed by atoms with E-state index in [1.54, 1.807) is 13.0 Å². The molecule has 120 valence electrons. The van der Waals surface area contributed by atoms with Gasteiger partial charge < -0.3 is 14.5 Å². The van der Waals surface area contributed by atoms with Gasteiger partial charge in [0.1, 0.15) is 11.7 Å². The van der Waals surface area contributed by atoms with Crippen molar-refractivity contribution in [3.8, 4) is 0 Å². The van der Waals surface area contributed by atoms with E-state index in [2.05, 4.69) is 4.98 Å². The fraction of sp³-hybridized carbons (Fsp3) is 0.647. The molecule has 0 saturated heterocycles. The molecule has 2 aliphatic rings. The first kappa shape index (κ1) is 15.3. The molecule has 0 aromatic carbocycles. The van der Waals surface area contributed by atoms with E-state index in [4.69, 9.17) is 9.47 Å². The molecule has 5 heteroatoms. The van der Waals surface area contributed by atoms with Gasteiger partial charge >= 0.3 is 5.97 Å². The van der Waals surface area contributed by atoms with Gasteiger partial charge in [-0.1, -0.05) is 12.8 Å². The van der Waals surface area contributed by atoms with Gasteiger partial charge in [0.15, 0.2) is 0 Å². The highest BCUT2D eigenvalue weighted by Crippen LogP contribution is 2.56. The fourth-order valence-electron chi connectivity index (χ4n) is 3.91. The molecule has 0 amide bonds. The van der Waals surface area contributed by atoms with Crippen LogP contribution in [0.3, 0.4) is 0 Å². The number of aromatic nitrogens is 1. The molecule has 2 atom stereocenters. The van der Waals surface area contributed by atoms with E-state index >= 15 is 0 Å². The van der Waals surface area contributed by atoms with Crippen LogP contribution in [0.5, 0.6) is 0 Å². The van der Waals surface area contributed by atoms with Crippen molar-refractivity contribution in [1.82, 2.24) is 4.98 Å². The SMILES string of the molecule is CCO[C@H]1C[C@H](OC(=O)c2ccc(C)[nH]c2=O)C12CCCC2. The average molecular weight is 305 g/mol. The molecule has 0 unspecified atom stereocenters. The lowest BCUT2D eigenvalue weighted by Gasteiger charge is -2.52. The molecule has 0 radical (unpaired) electrons. The van der Waals surface area contributed by atoms with Gasteiger partial charge in [-0.3, -0.25) is 4.79 Å². The smallest absolute Gasteiger partial charge is 0.344 e. The first-order valence-electron chi connectivity index (χ1n) is 8.09. The van der Waals surface area contributed by atoms with E-state index in [1.165, 1.54) is 6.07 Å². The van der Waals surface area contributed by atoms with Crippen molar-refractivity contribution in [2.45, 2.75) is 58.2 Å². The van der Waals surface area contributed by atoms with E-state index in [1.807, 2.05) is 6.92 Å². The Morgan fingerprint density at radius 2 is 2.05 bits per heavy atom. The summed E-state index contributed by atoms with van der Waals surface area (Å²) >= 11 is 0. The summed E-state index contributed by atoms with van der Waals surface area (Å²) in [4.78, 5) is 26.8. The number of H-pyrrole nitrogens is 1. The number of pyridine rings is 1. The van der Waals surface area contributed by atoms with Crippen LogP contribution in [-0.2, 0) is 9.47 Å². The molecule has 2 fully saturated rings. The van der Waals surface area contributed by atoms with Gasteiger partial charge in [0, 0.05) is 24.1 Å². The summed E-state index contributed by atoms with van der Waals surface area (Å²) < 4.78 is 11.5. The lowest BCUT2D eigenvalue weighted by Crippen LogP contribution is -2.58.